The Labute approximate surface area is 147 Å². The summed E-state index contributed by atoms with van der Waals surface area (Å²) in [5.74, 6) is 0.941. The molecule has 0 spiro atoms. The molecule has 1 aliphatic carbocycles. The van der Waals surface area contributed by atoms with Gasteiger partial charge in [0.2, 0.25) is 5.89 Å². The smallest absolute Gasteiger partial charge is 0.315 e. The third-order valence-electron chi connectivity index (χ3n) is 4.72. The minimum absolute atomic E-state index is 0.184. The SMILES string of the molecule is Cc1ccc(-c2nc(CNC(=O)NC3CCC(CO)CC3)co2)cc1. The highest BCUT2D eigenvalue weighted by molar-refractivity contribution is 5.74. The van der Waals surface area contributed by atoms with Crippen LogP contribution in [0, 0.1) is 12.8 Å². The van der Waals surface area contributed by atoms with Crippen molar-refractivity contribution in [2.24, 2.45) is 5.92 Å². The number of oxazole rings is 1. The zero-order valence-corrected chi connectivity index (χ0v) is 14.5. The standard InChI is InChI=1S/C19H25N3O3/c1-13-2-6-15(7-3-13)18-21-17(12-25-18)10-20-19(24)22-16-8-4-14(11-23)5-9-16/h2-3,6-7,12,14,16,23H,4-5,8-11H2,1H3,(H2,20,22,24). The largest absolute Gasteiger partial charge is 0.444 e. The second kappa shape index (κ2) is 8.16. The second-order valence-corrected chi connectivity index (χ2v) is 6.74. The summed E-state index contributed by atoms with van der Waals surface area (Å²) in [7, 11) is 0. The lowest BCUT2D eigenvalue weighted by Gasteiger charge is -2.27. The van der Waals surface area contributed by atoms with Gasteiger partial charge in [0.15, 0.2) is 0 Å². The Morgan fingerprint density at radius 3 is 2.64 bits per heavy atom. The average Bonchev–Trinajstić information content (AvgIpc) is 3.10. The van der Waals surface area contributed by atoms with Crippen LogP contribution in [0.1, 0.15) is 36.9 Å². The molecule has 6 heteroatoms. The van der Waals surface area contributed by atoms with Crippen molar-refractivity contribution in [1.29, 1.82) is 0 Å². The first kappa shape index (κ1) is 17.5. The fourth-order valence-corrected chi connectivity index (χ4v) is 3.11. The summed E-state index contributed by atoms with van der Waals surface area (Å²) >= 11 is 0. The highest BCUT2D eigenvalue weighted by atomic mass is 16.3. The molecule has 1 saturated carbocycles. The van der Waals surface area contributed by atoms with Crippen LogP contribution in [0.3, 0.4) is 0 Å². The van der Waals surface area contributed by atoms with Crippen molar-refractivity contribution in [3.05, 3.63) is 41.8 Å². The van der Waals surface area contributed by atoms with Crippen molar-refractivity contribution in [3.63, 3.8) is 0 Å². The van der Waals surface area contributed by atoms with E-state index in [4.69, 9.17) is 9.52 Å². The topological polar surface area (TPSA) is 87.4 Å². The number of aromatic nitrogens is 1. The quantitative estimate of drug-likeness (QED) is 0.779. The number of hydrogen-bond donors (Lipinski definition) is 3. The Kier molecular flexibility index (Phi) is 5.71. The zero-order chi connectivity index (χ0) is 17.6. The van der Waals surface area contributed by atoms with Gasteiger partial charge in [0.1, 0.15) is 6.26 Å². The van der Waals surface area contributed by atoms with Gasteiger partial charge in [0, 0.05) is 18.2 Å². The number of rotatable bonds is 5. The molecule has 1 heterocycles. The number of carbonyl (C=O) groups excluding carboxylic acids is 1. The number of aliphatic hydroxyl groups excluding tert-OH is 1. The molecule has 1 aliphatic rings. The molecule has 2 amide bonds. The molecule has 0 aliphatic heterocycles. The predicted molar refractivity (Wildman–Crippen MR) is 94.9 cm³/mol. The molecule has 2 aromatic rings. The Bertz CT molecular complexity index is 688. The molecule has 0 saturated heterocycles. The number of carbonyl (C=O) groups is 1. The van der Waals surface area contributed by atoms with Crippen LogP contribution in [-0.4, -0.2) is 28.8 Å². The van der Waals surface area contributed by atoms with Crippen LogP contribution in [0.15, 0.2) is 34.9 Å². The van der Waals surface area contributed by atoms with Gasteiger partial charge in [-0.15, -0.1) is 0 Å². The van der Waals surface area contributed by atoms with Gasteiger partial charge in [0.25, 0.3) is 0 Å². The fourth-order valence-electron chi connectivity index (χ4n) is 3.11. The van der Waals surface area contributed by atoms with Crippen LogP contribution in [0.5, 0.6) is 0 Å². The molecule has 25 heavy (non-hydrogen) atoms. The first-order valence-electron chi connectivity index (χ1n) is 8.80. The number of aliphatic hydroxyl groups is 1. The number of nitrogens with zero attached hydrogens (tertiary/aromatic N) is 1. The number of nitrogens with one attached hydrogen (secondary N) is 2. The van der Waals surface area contributed by atoms with E-state index in [1.165, 1.54) is 5.56 Å². The molecular formula is C19H25N3O3. The van der Waals surface area contributed by atoms with Crippen molar-refractivity contribution < 1.29 is 14.3 Å². The lowest BCUT2D eigenvalue weighted by Crippen LogP contribution is -2.43. The molecule has 0 bridgehead atoms. The minimum atomic E-state index is -0.188. The van der Waals surface area contributed by atoms with E-state index in [1.807, 2.05) is 31.2 Å². The molecule has 0 radical (unpaired) electrons. The van der Waals surface area contributed by atoms with Crippen LogP contribution in [0.2, 0.25) is 0 Å². The van der Waals surface area contributed by atoms with Crippen LogP contribution >= 0.6 is 0 Å². The number of amides is 2. The van der Waals surface area contributed by atoms with Gasteiger partial charge in [-0.2, -0.15) is 0 Å². The summed E-state index contributed by atoms with van der Waals surface area (Å²) < 4.78 is 5.49. The molecule has 6 nitrogen and oxygen atoms in total. The van der Waals surface area contributed by atoms with E-state index >= 15 is 0 Å². The Morgan fingerprint density at radius 1 is 1.24 bits per heavy atom. The molecule has 0 atom stereocenters. The van der Waals surface area contributed by atoms with Gasteiger partial charge in [-0.3, -0.25) is 0 Å². The molecule has 0 unspecified atom stereocenters. The van der Waals surface area contributed by atoms with Gasteiger partial charge in [-0.05, 0) is 50.7 Å². The summed E-state index contributed by atoms with van der Waals surface area (Å²) in [6.45, 7) is 2.60. The highest BCUT2D eigenvalue weighted by Crippen LogP contribution is 2.23. The number of hydrogen-bond acceptors (Lipinski definition) is 4. The van der Waals surface area contributed by atoms with Gasteiger partial charge < -0.3 is 20.2 Å². The van der Waals surface area contributed by atoms with E-state index in [1.54, 1.807) is 6.26 Å². The zero-order valence-electron chi connectivity index (χ0n) is 14.5. The van der Waals surface area contributed by atoms with Crippen LogP contribution in [0.25, 0.3) is 11.5 Å². The van der Waals surface area contributed by atoms with Crippen molar-refractivity contribution in [1.82, 2.24) is 15.6 Å². The maximum atomic E-state index is 12.0. The second-order valence-electron chi connectivity index (χ2n) is 6.74. The third-order valence-corrected chi connectivity index (χ3v) is 4.72. The minimum Gasteiger partial charge on any atom is -0.444 e. The van der Waals surface area contributed by atoms with E-state index in [0.717, 1.165) is 31.2 Å². The van der Waals surface area contributed by atoms with Crippen molar-refractivity contribution >= 4 is 6.03 Å². The third kappa shape index (κ3) is 4.82. The maximum Gasteiger partial charge on any atom is 0.315 e. The Morgan fingerprint density at radius 2 is 1.96 bits per heavy atom. The van der Waals surface area contributed by atoms with E-state index in [-0.39, 0.29) is 18.7 Å². The van der Waals surface area contributed by atoms with E-state index in [0.29, 0.717) is 24.0 Å². The molecule has 134 valence electrons. The van der Waals surface area contributed by atoms with E-state index in [9.17, 15) is 4.79 Å². The van der Waals surface area contributed by atoms with Gasteiger partial charge in [-0.1, -0.05) is 17.7 Å². The fraction of sp³-hybridized carbons (Fsp3) is 0.474. The summed E-state index contributed by atoms with van der Waals surface area (Å²) in [5, 5.41) is 15.0. The van der Waals surface area contributed by atoms with Gasteiger partial charge >= 0.3 is 6.03 Å². The number of urea groups is 1. The molecule has 1 fully saturated rings. The number of aryl methyl sites for hydroxylation is 1. The highest BCUT2D eigenvalue weighted by Gasteiger charge is 2.21. The molecule has 3 rings (SSSR count). The lowest BCUT2D eigenvalue weighted by atomic mass is 9.87. The summed E-state index contributed by atoms with van der Waals surface area (Å²) in [4.78, 5) is 16.4. The monoisotopic (exact) mass is 343 g/mol. The van der Waals surface area contributed by atoms with Crippen LogP contribution in [-0.2, 0) is 6.54 Å². The first-order valence-corrected chi connectivity index (χ1v) is 8.80. The molecule has 3 N–H and O–H groups in total. The summed E-state index contributed by atoms with van der Waals surface area (Å²) in [6, 6.07) is 7.95. The van der Waals surface area contributed by atoms with Crippen molar-refractivity contribution in [2.75, 3.05) is 6.61 Å². The average molecular weight is 343 g/mol. The normalized spacial score (nSPS) is 20.2. The van der Waals surface area contributed by atoms with Crippen molar-refractivity contribution in [3.8, 4) is 11.5 Å². The summed E-state index contributed by atoms with van der Waals surface area (Å²) in [6.07, 6.45) is 5.33. The van der Waals surface area contributed by atoms with E-state index < -0.39 is 0 Å². The van der Waals surface area contributed by atoms with Gasteiger partial charge in [-0.25, -0.2) is 9.78 Å². The van der Waals surface area contributed by atoms with Crippen LogP contribution in [0.4, 0.5) is 4.79 Å². The maximum absolute atomic E-state index is 12.0. The lowest BCUT2D eigenvalue weighted by molar-refractivity contribution is 0.174. The molecule has 1 aromatic carbocycles. The number of benzene rings is 1. The predicted octanol–water partition coefficient (Wildman–Crippen LogP) is 3.00. The molecular weight excluding hydrogens is 318 g/mol. The Balaban J connectivity index is 1.46. The molecule has 1 aromatic heterocycles. The van der Waals surface area contributed by atoms with E-state index in [2.05, 4.69) is 15.6 Å². The van der Waals surface area contributed by atoms with Crippen LogP contribution < -0.4 is 10.6 Å². The van der Waals surface area contributed by atoms with Crippen molar-refractivity contribution in [2.45, 2.75) is 45.2 Å². The van der Waals surface area contributed by atoms with Gasteiger partial charge in [0.05, 0.1) is 12.2 Å². The Hall–Kier alpha value is -2.34. The first-order chi connectivity index (χ1) is 12.1. The summed E-state index contributed by atoms with van der Waals surface area (Å²) in [5.41, 5.74) is 2.79.